The summed E-state index contributed by atoms with van der Waals surface area (Å²) in [6.07, 6.45) is 1.58. The molecule has 3 aromatic rings. The van der Waals surface area contributed by atoms with Gasteiger partial charge in [0.15, 0.2) is 0 Å². The number of hydrogen-bond donors (Lipinski definition) is 1. The fraction of sp³-hybridized carbons (Fsp3) is 0.200. The van der Waals surface area contributed by atoms with Crippen LogP contribution < -0.4 is 5.73 Å². The number of rotatable bonds is 6. The monoisotopic (exact) mass is 420 g/mol. The Morgan fingerprint density at radius 2 is 1.43 bits per heavy atom. The maximum atomic E-state index is 13.1. The van der Waals surface area contributed by atoms with E-state index in [-0.39, 0.29) is 12.5 Å². The van der Waals surface area contributed by atoms with Crippen molar-refractivity contribution in [3.05, 3.63) is 107 Å². The number of amides is 2. The molecule has 1 aliphatic rings. The lowest BCUT2D eigenvalue weighted by Crippen LogP contribution is -2.43. The Hall–Kier alpha value is -3.11. The van der Waals surface area contributed by atoms with Crippen molar-refractivity contribution in [2.24, 2.45) is 5.73 Å². The number of hydrogen-bond acceptors (Lipinski definition) is 2. The van der Waals surface area contributed by atoms with Crippen molar-refractivity contribution >= 4 is 23.4 Å². The van der Waals surface area contributed by atoms with Crippen LogP contribution in [0.3, 0.4) is 0 Å². The topological polar surface area (TPSA) is 63.4 Å². The molecule has 1 fully saturated rings. The number of benzene rings is 3. The summed E-state index contributed by atoms with van der Waals surface area (Å²) in [7, 11) is 0. The molecule has 5 heteroatoms. The SMILES string of the molecule is NC(=O)CN(Cc1cccc(Cl)c1)C(=O)C1(c2ccccc2)CC1.c1ccccc1. The van der Waals surface area contributed by atoms with Gasteiger partial charge >= 0.3 is 0 Å². The minimum atomic E-state index is -0.519. The Morgan fingerprint density at radius 1 is 0.867 bits per heavy atom. The maximum absolute atomic E-state index is 13.1. The molecule has 0 radical (unpaired) electrons. The van der Waals surface area contributed by atoms with Crippen molar-refractivity contribution in [2.75, 3.05) is 6.54 Å². The van der Waals surface area contributed by atoms with Crippen LogP contribution in [-0.4, -0.2) is 23.3 Å². The molecule has 3 aromatic carbocycles. The molecule has 2 amide bonds. The van der Waals surface area contributed by atoms with Gasteiger partial charge in [0.25, 0.3) is 0 Å². The first-order valence-electron chi connectivity index (χ1n) is 9.89. The number of carbonyl (C=O) groups excluding carboxylic acids is 2. The van der Waals surface area contributed by atoms with Crippen LogP contribution in [0.1, 0.15) is 24.0 Å². The van der Waals surface area contributed by atoms with Gasteiger partial charge in [0.05, 0.1) is 12.0 Å². The molecule has 0 spiro atoms. The molecule has 0 atom stereocenters. The molecule has 1 aliphatic carbocycles. The number of carbonyl (C=O) groups is 2. The highest BCUT2D eigenvalue weighted by Gasteiger charge is 2.53. The summed E-state index contributed by atoms with van der Waals surface area (Å²) in [5.74, 6) is -0.568. The van der Waals surface area contributed by atoms with E-state index in [0.717, 1.165) is 24.0 Å². The van der Waals surface area contributed by atoms with Crippen LogP contribution in [0, 0.1) is 0 Å². The molecule has 30 heavy (non-hydrogen) atoms. The van der Waals surface area contributed by atoms with Gasteiger partial charge in [-0.3, -0.25) is 9.59 Å². The number of nitrogens with two attached hydrogens (primary N) is 1. The summed E-state index contributed by atoms with van der Waals surface area (Å²) in [5.41, 5.74) is 6.71. The third-order valence-corrected chi connectivity index (χ3v) is 5.28. The van der Waals surface area contributed by atoms with Crippen LogP contribution in [0.15, 0.2) is 91.0 Å². The summed E-state index contributed by atoms with van der Waals surface area (Å²) in [6.45, 7) is 0.219. The second kappa shape index (κ2) is 10.1. The van der Waals surface area contributed by atoms with E-state index in [2.05, 4.69) is 0 Å². The number of nitrogens with zero attached hydrogens (tertiary/aromatic N) is 1. The summed E-state index contributed by atoms with van der Waals surface area (Å²) in [6, 6.07) is 29.0. The fourth-order valence-corrected chi connectivity index (χ4v) is 3.65. The van der Waals surface area contributed by atoms with E-state index in [1.807, 2.05) is 78.9 Å². The smallest absolute Gasteiger partial charge is 0.237 e. The molecule has 2 N–H and O–H groups in total. The minimum Gasteiger partial charge on any atom is -0.368 e. The second-order valence-electron chi connectivity index (χ2n) is 7.36. The molecule has 1 saturated carbocycles. The Morgan fingerprint density at radius 3 is 1.93 bits per heavy atom. The Kier molecular flexibility index (Phi) is 7.26. The molecule has 0 saturated heterocycles. The third kappa shape index (κ3) is 5.71. The van der Waals surface area contributed by atoms with Crippen LogP contribution in [0.4, 0.5) is 0 Å². The third-order valence-electron chi connectivity index (χ3n) is 5.05. The van der Waals surface area contributed by atoms with Gasteiger partial charge in [-0.05, 0) is 36.1 Å². The van der Waals surface area contributed by atoms with E-state index in [0.29, 0.717) is 11.6 Å². The summed E-state index contributed by atoms with van der Waals surface area (Å²) in [5, 5.41) is 0.600. The predicted octanol–water partition coefficient (Wildman–Crippen LogP) is 4.57. The molecule has 154 valence electrons. The van der Waals surface area contributed by atoms with E-state index in [4.69, 9.17) is 17.3 Å². The predicted molar refractivity (Wildman–Crippen MR) is 120 cm³/mol. The molecule has 0 unspecified atom stereocenters. The lowest BCUT2D eigenvalue weighted by molar-refractivity contribution is -0.138. The van der Waals surface area contributed by atoms with Crippen molar-refractivity contribution in [2.45, 2.75) is 24.8 Å². The average Bonchev–Trinajstić information content (AvgIpc) is 3.57. The van der Waals surface area contributed by atoms with E-state index in [1.165, 1.54) is 4.90 Å². The fourth-order valence-electron chi connectivity index (χ4n) is 3.44. The zero-order chi connectivity index (χ0) is 21.4. The molecule has 0 bridgehead atoms. The summed E-state index contributed by atoms with van der Waals surface area (Å²) < 4.78 is 0. The highest BCUT2D eigenvalue weighted by Crippen LogP contribution is 2.49. The average molecular weight is 421 g/mol. The normalized spacial score (nSPS) is 13.5. The summed E-state index contributed by atoms with van der Waals surface area (Å²) >= 11 is 6.02. The molecule has 0 aromatic heterocycles. The molecule has 4 rings (SSSR count). The highest BCUT2D eigenvalue weighted by atomic mass is 35.5. The Bertz CT molecular complexity index is 946. The van der Waals surface area contributed by atoms with Crippen molar-refractivity contribution in [1.82, 2.24) is 4.90 Å². The lowest BCUT2D eigenvalue weighted by Gasteiger charge is -2.27. The lowest BCUT2D eigenvalue weighted by atomic mass is 9.94. The van der Waals surface area contributed by atoms with Gasteiger partial charge < -0.3 is 10.6 Å². The first kappa shape index (κ1) is 21.6. The standard InChI is InChI=1S/C19H19ClN2O2.C6H6/c20-16-8-4-5-14(11-16)12-22(13-17(21)23)18(24)19(9-10-19)15-6-2-1-3-7-15;1-2-4-6-5-3-1/h1-8,11H,9-10,12-13H2,(H2,21,23);1-6H. The van der Waals surface area contributed by atoms with Gasteiger partial charge in [-0.25, -0.2) is 0 Å². The van der Waals surface area contributed by atoms with E-state index in [9.17, 15) is 9.59 Å². The number of halogens is 1. The molecule has 0 aliphatic heterocycles. The van der Waals surface area contributed by atoms with Crippen LogP contribution in [-0.2, 0) is 21.5 Å². The minimum absolute atomic E-state index is 0.0486. The molecule has 4 nitrogen and oxygen atoms in total. The Labute approximate surface area is 182 Å². The van der Waals surface area contributed by atoms with Gasteiger partial charge in [-0.15, -0.1) is 0 Å². The van der Waals surface area contributed by atoms with Crippen LogP contribution in [0.25, 0.3) is 0 Å². The molecular weight excluding hydrogens is 396 g/mol. The van der Waals surface area contributed by atoms with Crippen LogP contribution in [0.2, 0.25) is 5.02 Å². The number of primary amides is 1. The van der Waals surface area contributed by atoms with E-state index in [1.54, 1.807) is 12.1 Å². The van der Waals surface area contributed by atoms with Crippen LogP contribution >= 0.6 is 11.6 Å². The second-order valence-corrected chi connectivity index (χ2v) is 7.80. The highest BCUT2D eigenvalue weighted by molar-refractivity contribution is 6.30. The van der Waals surface area contributed by atoms with E-state index < -0.39 is 11.3 Å². The van der Waals surface area contributed by atoms with Crippen molar-refractivity contribution in [1.29, 1.82) is 0 Å². The maximum Gasteiger partial charge on any atom is 0.237 e. The zero-order valence-electron chi connectivity index (χ0n) is 16.7. The van der Waals surface area contributed by atoms with Crippen LogP contribution in [0.5, 0.6) is 0 Å². The van der Waals surface area contributed by atoms with Crippen molar-refractivity contribution < 1.29 is 9.59 Å². The quantitative estimate of drug-likeness (QED) is 0.634. The zero-order valence-corrected chi connectivity index (χ0v) is 17.5. The van der Waals surface area contributed by atoms with Gasteiger partial charge in [-0.2, -0.15) is 0 Å². The van der Waals surface area contributed by atoms with Gasteiger partial charge in [-0.1, -0.05) is 90.5 Å². The van der Waals surface area contributed by atoms with Crippen molar-refractivity contribution in [3.63, 3.8) is 0 Å². The first-order chi connectivity index (χ1) is 14.5. The van der Waals surface area contributed by atoms with Gasteiger partial charge in [0.1, 0.15) is 0 Å². The van der Waals surface area contributed by atoms with E-state index >= 15 is 0 Å². The van der Waals surface area contributed by atoms with Gasteiger partial charge in [0.2, 0.25) is 11.8 Å². The molecular formula is C25H25ClN2O2. The van der Waals surface area contributed by atoms with Gasteiger partial charge in [0, 0.05) is 11.6 Å². The summed E-state index contributed by atoms with van der Waals surface area (Å²) in [4.78, 5) is 26.1. The largest absolute Gasteiger partial charge is 0.368 e. The van der Waals surface area contributed by atoms with Crippen molar-refractivity contribution in [3.8, 4) is 0 Å². The molecule has 0 heterocycles. The Balaban J connectivity index is 0.000000367. The first-order valence-corrected chi connectivity index (χ1v) is 10.3.